The largest absolute Gasteiger partial charge is 0.285 e. The van der Waals surface area contributed by atoms with Crippen molar-refractivity contribution in [3.8, 4) is 0 Å². The molecule has 2 aromatic rings. The van der Waals surface area contributed by atoms with Gasteiger partial charge < -0.3 is 0 Å². The van der Waals surface area contributed by atoms with E-state index in [-0.39, 0.29) is 5.41 Å². The number of benzene rings is 1. The Morgan fingerprint density at radius 1 is 1.24 bits per heavy atom. The summed E-state index contributed by atoms with van der Waals surface area (Å²) in [6.07, 6.45) is 3.81. The van der Waals surface area contributed by atoms with Gasteiger partial charge in [-0.15, -0.1) is 0 Å². The second-order valence-electron chi connectivity index (χ2n) is 6.34. The summed E-state index contributed by atoms with van der Waals surface area (Å²) in [5, 5.41) is 4.78. The van der Waals surface area contributed by atoms with E-state index in [2.05, 4.69) is 73.0 Å². The Hall–Kier alpha value is -2.03. The number of hydrazine groups is 1. The quantitative estimate of drug-likeness (QED) is 0.850. The molecule has 1 aliphatic heterocycles. The second kappa shape index (κ2) is 5.06. The molecule has 0 unspecified atom stereocenters. The minimum absolute atomic E-state index is 0.172. The van der Waals surface area contributed by atoms with Gasteiger partial charge in [0.25, 0.3) is 0 Å². The second-order valence-corrected chi connectivity index (χ2v) is 6.34. The number of hydrogen-bond acceptors (Lipinski definition) is 3. The van der Waals surface area contributed by atoms with Crippen LogP contribution < -0.4 is 10.0 Å². The molecule has 3 heteroatoms. The summed E-state index contributed by atoms with van der Waals surface area (Å²) in [6, 6.07) is 10.8. The van der Waals surface area contributed by atoms with E-state index in [0.717, 1.165) is 13.1 Å². The third-order valence-corrected chi connectivity index (χ3v) is 4.32. The first-order valence-corrected chi connectivity index (χ1v) is 7.59. The molecular formula is C18H23N3. The molecule has 1 aromatic carbocycles. The lowest BCUT2D eigenvalue weighted by molar-refractivity contribution is 0.542. The molecule has 3 rings (SSSR count). The van der Waals surface area contributed by atoms with E-state index < -0.39 is 0 Å². The molecule has 1 aliphatic rings. The summed E-state index contributed by atoms with van der Waals surface area (Å²) in [4.78, 5) is 4.22. The van der Waals surface area contributed by atoms with Crippen molar-refractivity contribution in [1.29, 1.82) is 0 Å². The van der Waals surface area contributed by atoms with E-state index in [4.69, 9.17) is 0 Å². The molecule has 0 N–H and O–H groups in total. The first-order valence-electron chi connectivity index (χ1n) is 7.59. The molecule has 0 radical (unpaired) electrons. The zero-order chi connectivity index (χ0) is 15.0. The van der Waals surface area contributed by atoms with Crippen LogP contribution in [0.5, 0.6) is 0 Å². The van der Waals surface area contributed by atoms with Crippen LogP contribution in [0.4, 0.5) is 11.4 Å². The van der Waals surface area contributed by atoms with Crippen LogP contribution in [0.3, 0.4) is 0 Å². The van der Waals surface area contributed by atoms with Crippen molar-refractivity contribution in [1.82, 2.24) is 4.98 Å². The number of anilines is 2. The van der Waals surface area contributed by atoms with Gasteiger partial charge >= 0.3 is 0 Å². The predicted octanol–water partition coefficient (Wildman–Crippen LogP) is 3.93. The normalized spacial score (nSPS) is 15.9. The molecule has 0 bridgehead atoms. The third kappa shape index (κ3) is 2.27. The van der Waals surface area contributed by atoms with Gasteiger partial charge in [-0.05, 0) is 37.1 Å². The lowest BCUT2D eigenvalue weighted by atomic mass is 9.87. The molecular weight excluding hydrogens is 258 g/mol. The summed E-state index contributed by atoms with van der Waals surface area (Å²) in [5.41, 5.74) is 5.36. The van der Waals surface area contributed by atoms with E-state index in [1.165, 1.54) is 22.5 Å². The third-order valence-electron chi connectivity index (χ3n) is 4.32. The van der Waals surface area contributed by atoms with Crippen LogP contribution in [0, 0.1) is 6.92 Å². The Labute approximate surface area is 127 Å². The Morgan fingerprint density at radius 2 is 2.00 bits per heavy atom. The van der Waals surface area contributed by atoms with Crippen LogP contribution in [0.15, 0.2) is 42.7 Å². The zero-order valence-electron chi connectivity index (χ0n) is 13.3. The molecule has 0 saturated carbocycles. The summed E-state index contributed by atoms with van der Waals surface area (Å²) in [5.74, 6) is 0. The van der Waals surface area contributed by atoms with Gasteiger partial charge in [-0.2, -0.15) is 0 Å². The molecule has 2 heterocycles. The number of hydrogen-bond donors (Lipinski definition) is 0. The van der Waals surface area contributed by atoms with Crippen molar-refractivity contribution < 1.29 is 0 Å². The zero-order valence-corrected chi connectivity index (χ0v) is 13.3. The molecule has 3 nitrogen and oxygen atoms in total. The summed E-state index contributed by atoms with van der Waals surface area (Å²) in [7, 11) is 0. The molecule has 110 valence electrons. The van der Waals surface area contributed by atoms with Crippen LogP contribution in [0.1, 0.15) is 31.9 Å². The van der Waals surface area contributed by atoms with Crippen molar-refractivity contribution in [2.75, 3.05) is 23.1 Å². The smallest absolute Gasteiger partial charge is 0.0633 e. The van der Waals surface area contributed by atoms with E-state index in [1.54, 1.807) is 0 Å². The van der Waals surface area contributed by atoms with E-state index >= 15 is 0 Å². The first kappa shape index (κ1) is 13.9. The van der Waals surface area contributed by atoms with Crippen LogP contribution >= 0.6 is 0 Å². The van der Waals surface area contributed by atoms with Gasteiger partial charge in [-0.3, -0.25) is 15.0 Å². The average molecular weight is 281 g/mol. The molecule has 0 spiro atoms. The standard InChI is InChI=1S/C18H23N3/c1-5-20(16-10-11-19-12-14(16)2)21-13-18(3,4)15-8-6-7-9-17(15)21/h6-12H,5,13H2,1-4H3. The van der Waals surface area contributed by atoms with Gasteiger partial charge in [0.1, 0.15) is 0 Å². The highest BCUT2D eigenvalue weighted by atomic mass is 15.6. The van der Waals surface area contributed by atoms with Crippen molar-refractivity contribution in [2.45, 2.75) is 33.1 Å². The Bertz CT molecular complexity index is 648. The fourth-order valence-corrected chi connectivity index (χ4v) is 3.26. The van der Waals surface area contributed by atoms with Gasteiger partial charge in [0.05, 0.1) is 11.4 Å². The maximum atomic E-state index is 4.22. The number of nitrogens with zero attached hydrogens (tertiary/aromatic N) is 3. The Morgan fingerprint density at radius 3 is 2.71 bits per heavy atom. The van der Waals surface area contributed by atoms with Crippen molar-refractivity contribution in [2.24, 2.45) is 0 Å². The van der Waals surface area contributed by atoms with Crippen molar-refractivity contribution in [3.05, 3.63) is 53.9 Å². The average Bonchev–Trinajstić information content (AvgIpc) is 2.74. The number of aromatic nitrogens is 1. The number of para-hydroxylation sites is 1. The number of aryl methyl sites for hydroxylation is 1. The molecule has 0 atom stereocenters. The monoisotopic (exact) mass is 281 g/mol. The fraction of sp³-hybridized carbons (Fsp3) is 0.389. The van der Waals surface area contributed by atoms with E-state index in [0.29, 0.717) is 0 Å². The number of fused-ring (bicyclic) bond motifs is 1. The Balaban J connectivity index is 2.06. The maximum absolute atomic E-state index is 4.22. The van der Waals surface area contributed by atoms with Crippen LogP contribution in [0.2, 0.25) is 0 Å². The van der Waals surface area contributed by atoms with Gasteiger partial charge in [-0.25, -0.2) is 0 Å². The maximum Gasteiger partial charge on any atom is 0.0633 e. The van der Waals surface area contributed by atoms with E-state index in [1.807, 2.05) is 12.4 Å². The molecule has 21 heavy (non-hydrogen) atoms. The summed E-state index contributed by atoms with van der Waals surface area (Å²) >= 11 is 0. The summed E-state index contributed by atoms with van der Waals surface area (Å²) in [6.45, 7) is 10.9. The summed E-state index contributed by atoms with van der Waals surface area (Å²) < 4.78 is 0. The highest BCUT2D eigenvalue weighted by Gasteiger charge is 2.37. The van der Waals surface area contributed by atoms with Gasteiger partial charge in [0.15, 0.2) is 0 Å². The first-order chi connectivity index (χ1) is 10.0. The van der Waals surface area contributed by atoms with Gasteiger partial charge in [0.2, 0.25) is 0 Å². The molecule has 1 aromatic heterocycles. The molecule has 0 fully saturated rings. The highest BCUT2D eigenvalue weighted by Crippen LogP contribution is 2.42. The fourth-order valence-electron chi connectivity index (χ4n) is 3.26. The van der Waals surface area contributed by atoms with Crippen LogP contribution in [0.25, 0.3) is 0 Å². The highest BCUT2D eigenvalue weighted by molar-refractivity contribution is 5.68. The van der Waals surface area contributed by atoms with Crippen molar-refractivity contribution >= 4 is 11.4 Å². The number of rotatable bonds is 3. The predicted molar refractivity (Wildman–Crippen MR) is 88.8 cm³/mol. The molecule has 0 aliphatic carbocycles. The molecule has 0 saturated heterocycles. The minimum atomic E-state index is 0.172. The van der Waals surface area contributed by atoms with Crippen LogP contribution in [-0.4, -0.2) is 18.1 Å². The van der Waals surface area contributed by atoms with Crippen LogP contribution in [-0.2, 0) is 5.41 Å². The Kier molecular flexibility index (Phi) is 3.36. The SMILES string of the molecule is CCN(c1ccncc1C)N1CC(C)(C)c2ccccc21. The minimum Gasteiger partial charge on any atom is -0.285 e. The lowest BCUT2D eigenvalue weighted by Gasteiger charge is -2.36. The topological polar surface area (TPSA) is 19.4 Å². The van der Waals surface area contributed by atoms with Crippen molar-refractivity contribution in [3.63, 3.8) is 0 Å². The van der Waals surface area contributed by atoms with E-state index in [9.17, 15) is 0 Å². The van der Waals surface area contributed by atoms with Gasteiger partial charge in [0, 0.05) is 30.9 Å². The van der Waals surface area contributed by atoms with Gasteiger partial charge in [-0.1, -0.05) is 32.0 Å². The lowest BCUT2D eigenvalue weighted by Crippen LogP contribution is -2.44. The molecule has 0 amide bonds. The number of pyridine rings is 1.